The molecule has 2 aromatic carbocycles. The number of carbonyl (C=O) groups is 1. The van der Waals surface area contributed by atoms with Crippen LogP contribution in [0.15, 0.2) is 53.4 Å². The number of hydrogen-bond donors (Lipinski definition) is 1. The lowest BCUT2D eigenvalue weighted by Crippen LogP contribution is -2.30. The zero-order valence-electron chi connectivity index (χ0n) is 17.5. The molecule has 1 atom stereocenters. The summed E-state index contributed by atoms with van der Waals surface area (Å²) in [5.41, 5.74) is 1.14. The Balaban J connectivity index is 1.53. The lowest BCUT2D eigenvalue weighted by molar-refractivity contribution is 0.102. The van der Waals surface area contributed by atoms with Crippen LogP contribution in [-0.2, 0) is 16.4 Å². The van der Waals surface area contributed by atoms with Crippen molar-refractivity contribution in [2.24, 2.45) is 0 Å². The number of sulfonamides is 1. The molecule has 1 aliphatic heterocycles. The van der Waals surface area contributed by atoms with Gasteiger partial charge in [-0.3, -0.25) is 4.79 Å². The molecule has 7 nitrogen and oxygen atoms in total. The van der Waals surface area contributed by atoms with Crippen molar-refractivity contribution in [3.63, 3.8) is 0 Å². The first kappa shape index (κ1) is 22.5. The van der Waals surface area contributed by atoms with E-state index in [9.17, 15) is 17.6 Å². The van der Waals surface area contributed by atoms with Gasteiger partial charge in [0, 0.05) is 6.54 Å². The summed E-state index contributed by atoms with van der Waals surface area (Å²) in [5.74, 6) is -1.14. The second kappa shape index (κ2) is 9.43. The molecule has 3 aromatic rings. The van der Waals surface area contributed by atoms with Crippen LogP contribution in [0.5, 0.6) is 0 Å². The van der Waals surface area contributed by atoms with Crippen molar-refractivity contribution >= 4 is 33.0 Å². The molecule has 0 unspecified atom stereocenters. The molecule has 168 valence electrons. The molecule has 0 radical (unpaired) electrons. The van der Waals surface area contributed by atoms with Gasteiger partial charge in [-0.25, -0.2) is 12.8 Å². The third-order valence-corrected chi connectivity index (χ3v) is 8.26. The number of carbonyl (C=O) groups excluding carboxylic acids is 1. The second-order valence-electron chi connectivity index (χ2n) is 7.55. The molecule has 1 N–H and O–H groups in total. The smallest absolute Gasteiger partial charge is 0.286 e. The zero-order valence-corrected chi connectivity index (χ0v) is 19.1. The van der Waals surface area contributed by atoms with Crippen LogP contribution in [0.4, 0.5) is 10.1 Å². The standard InChI is InChI=1S/C22H23FN4O3S2/c1-2-6-15-10-12-16(13-11-15)32(29,30)27-14-5-9-19(27)21-25-26-22(31-21)20(28)24-18-8-4-3-7-17(18)23/h3-4,7-8,10-13,19H,2,5-6,9,14H2,1H3,(H,24,28)/t19-/m1/s1. The number of hydrogen-bond acceptors (Lipinski definition) is 6. The van der Waals surface area contributed by atoms with Crippen LogP contribution < -0.4 is 5.32 Å². The van der Waals surface area contributed by atoms with Gasteiger partial charge < -0.3 is 5.32 Å². The molecule has 0 spiro atoms. The summed E-state index contributed by atoms with van der Waals surface area (Å²) in [6.45, 7) is 2.45. The van der Waals surface area contributed by atoms with E-state index < -0.39 is 27.8 Å². The van der Waals surface area contributed by atoms with E-state index in [2.05, 4.69) is 22.4 Å². The summed E-state index contributed by atoms with van der Waals surface area (Å²) in [4.78, 5) is 12.7. The van der Waals surface area contributed by atoms with Crippen molar-refractivity contribution in [1.29, 1.82) is 0 Å². The number of anilines is 1. The fourth-order valence-corrected chi connectivity index (χ4v) is 6.34. The molecule has 4 rings (SSSR count). The van der Waals surface area contributed by atoms with Crippen molar-refractivity contribution in [2.75, 3.05) is 11.9 Å². The Labute approximate surface area is 190 Å². The first-order valence-corrected chi connectivity index (χ1v) is 12.7. The van der Waals surface area contributed by atoms with Crippen LogP contribution in [0.2, 0.25) is 0 Å². The Morgan fingerprint density at radius 1 is 1.19 bits per heavy atom. The molecule has 2 heterocycles. The van der Waals surface area contributed by atoms with Gasteiger partial charge in [-0.15, -0.1) is 10.2 Å². The SMILES string of the molecule is CCCc1ccc(S(=O)(=O)N2CCC[C@@H]2c2nnc(C(=O)Nc3ccccc3F)s2)cc1. The van der Waals surface area contributed by atoms with Crippen molar-refractivity contribution in [3.8, 4) is 0 Å². The molecule has 0 aliphatic carbocycles. The van der Waals surface area contributed by atoms with E-state index in [0.29, 0.717) is 24.4 Å². The zero-order chi connectivity index (χ0) is 22.7. The number of aromatic nitrogens is 2. The molecular weight excluding hydrogens is 451 g/mol. The van der Waals surface area contributed by atoms with Crippen LogP contribution in [0.3, 0.4) is 0 Å². The minimum atomic E-state index is -3.71. The van der Waals surface area contributed by atoms with Crippen molar-refractivity contribution < 1.29 is 17.6 Å². The fourth-order valence-electron chi connectivity index (χ4n) is 3.73. The quantitative estimate of drug-likeness (QED) is 0.548. The van der Waals surface area contributed by atoms with Crippen LogP contribution in [0.25, 0.3) is 0 Å². The van der Waals surface area contributed by atoms with Gasteiger partial charge in [-0.1, -0.05) is 48.9 Å². The van der Waals surface area contributed by atoms with E-state index in [1.807, 2.05) is 12.1 Å². The minimum Gasteiger partial charge on any atom is -0.317 e. The average molecular weight is 475 g/mol. The Kier molecular flexibility index (Phi) is 6.63. The van der Waals surface area contributed by atoms with E-state index in [0.717, 1.165) is 29.7 Å². The molecule has 10 heteroatoms. The van der Waals surface area contributed by atoms with Gasteiger partial charge in [0.2, 0.25) is 15.0 Å². The highest BCUT2D eigenvalue weighted by molar-refractivity contribution is 7.89. The van der Waals surface area contributed by atoms with E-state index in [4.69, 9.17) is 0 Å². The minimum absolute atomic E-state index is 0.0471. The number of aryl methyl sites for hydroxylation is 1. The van der Waals surface area contributed by atoms with Crippen LogP contribution in [0, 0.1) is 5.82 Å². The van der Waals surface area contributed by atoms with E-state index in [1.54, 1.807) is 18.2 Å². The van der Waals surface area contributed by atoms with E-state index in [-0.39, 0.29) is 15.6 Å². The number of benzene rings is 2. The summed E-state index contributed by atoms with van der Waals surface area (Å²) in [7, 11) is -3.71. The Bertz CT molecular complexity index is 1210. The molecule has 1 amide bonds. The van der Waals surface area contributed by atoms with Crippen molar-refractivity contribution in [3.05, 3.63) is 69.9 Å². The monoisotopic (exact) mass is 474 g/mol. The van der Waals surface area contributed by atoms with Crippen LogP contribution >= 0.6 is 11.3 Å². The normalized spacial score (nSPS) is 16.9. The van der Waals surface area contributed by atoms with Crippen molar-refractivity contribution in [2.45, 2.75) is 43.5 Å². The maximum Gasteiger partial charge on any atom is 0.286 e. The summed E-state index contributed by atoms with van der Waals surface area (Å²) >= 11 is 1.02. The summed E-state index contributed by atoms with van der Waals surface area (Å²) in [6.07, 6.45) is 3.17. The Hall–Kier alpha value is -2.69. The molecular formula is C22H23FN4O3S2. The Morgan fingerprint density at radius 2 is 1.94 bits per heavy atom. The van der Waals surface area contributed by atoms with Crippen molar-refractivity contribution in [1.82, 2.24) is 14.5 Å². The second-order valence-corrected chi connectivity index (χ2v) is 10.4. The Morgan fingerprint density at radius 3 is 2.66 bits per heavy atom. The van der Waals surface area contributed by atoms with E-state index in [1.165, 1.54) is 22.5 Å². The predicted octanol–water partition coefficient (Wildman–Crippen LogP) is 4.41. The molecule has 1 fully saturated rings. The van der Waals surface area contributed by atoms with Gasteiger partial charge in [0.15, 0.2) is 0 Å². The predicted molar refractivity (Wildman–Crippen MR) is 121 cm³/mol. The van der Waals surface area contributed by atoms with Crippen LogP contribution in [0.1, 0.15) is 52.6 Å². The molecule has 0 saturated carbocycles. The summed E-state index contributed by atoms with van der Waals surface area (Å²) in [6, 6.07) is 12.3. The molecule has 1 saturated heterocycles. The van der Waals surface area contributed by atoms with Gasteiger partial charge in [0.05, 0.1) is 16.6 Å². The number of amides is 1. The van der Waals surface area contributed by atoms with Crippen LogP contribution in [-0.4, -0.2) is 35.4 Å². The largest absolute Gasteiger partial charge is 0.317 e. The average Bonchev–Trinajstić information content (AvgIpc) is 3.46. The topological polar surface area (TPSA) is 92.3 Å². The maximum atomic E-state index is 13.8. The highest BCUT2D eigenvalue weighted by atomic mass is 32.2. The first-order valence-electron chi connectivity index (χ1n) is 10.4. The maximum absolute atomic E-state index is 13.8. The van der Waals surface area contributed by atoms with Gasteiger partial charge in [0.1, 0.15) is 10.8 Å². The van der Waals surface area contributed by atoms with E-state index >= 15 is 0 Å². The number of para-hydroxylation sites is 1. The first-order chi connectivity index (χ1) is 15.4. The molecule has 32 heavy (non-hydrogen) atoms. The number of rotatable bonds is 7. The number of halogens is 1. The highest BCUT2D eigenvalue weighted by Gasteiger charge is 2.38. The molecule has 0 bridgehead atoms. The summed E-state index contributed by atoms with van der Waals surface area (Å²) < 4.78 is 41.8. The van der Waals surface area contributed by atoms with Gasteiger partial charge in [-0.2, -0.15) is 4.31 Å². The molecule has 1 aromatic heterocycles. The van der Waals surface area contributed by atoms with Gasteiger partial charge >= 0.3 is 0 Å². The number of nitrogens with zero attached hydrogens (tertiary/aromatic N) is 3. The number of nitrogens with one attached hydrogen (secondary N) is 1. The third-order valence-electron chi connectivity index (χ3n) is 5.31. The van der Waals surface area contributed by atoms with Gasteiger partial charge in [-0.05, 0) is 49.1 Å². The fraction of sp³-hybridized carbons (Fsp3) is 0.318. The highest BCUT2D eigenvalue weighted by Crippen LogP contribution is 2.37. The lowest BCUT2D eigenvalue weighted by Gasteiger charge is -2.22. The van der Waals surface area contributed by atoms with Gasteiger partial charge in [0.25, 0.3) is 5.91 Å². The summed E-state index contributed by atoms with van der Waals surface area (Å²) in [5, 5.41) is 11.0. The lowest BCUT2D eigenvalue weighted by atomic mass is 10.1. The molecule has 1 aliphatic rings. The third kappa shape index (κ3) is 4.57.